The van der Waals surface area contributed by atoms with Gasteiger partial charge in [-0.1, -0.05) is 119 Å². The molecule has 84 heavy (non-hydrogen) atoms. The number of Topliss-reactive ketones (excluding diaryl/α,β-unsaturated/α-hetero) is 1. The molecule has 0 aliphatic rings. The summed E-state index contributed by atoms with van der Waals surface area (Å²) in [6, 6.07) is 14.3. The lowest BCUT2D eigenvalue weighted by Gasteiger charge is -2.12. The Kier molecular flexibility index (Phi) is 22.2. The van der Waals surface area contributed by atoms with E-state index in [4.69, 9.17) is 97.6 Å². The van der Waals surface area contributed by atoms with Gasteiger partial charge in [0.1, 0.15) is 51.7 Å². The van der Waals surface area contributed by atoms with Crippen molar-refractivity contribution in [2.75, 3.05) is 37.2 Å². The van der Waals surface area contributed by atoms with Gasteiger partial charge in [-0.15, -0.1) is 0 Å². The summed E-state index contributed by atoms with van der Waals surface area (Å²) in [6.07, 6.45) is 2.30. The fourth-order valence-electron chi connectivity index (χ4n) is 6.94. The fourth-order valence-corrected chi connectivity index (χ4v) is 7.88. The van der Waals surface area contributed by atoms with Gasteiger partial charge in [-0.05, 0) is 48.5 Å². The van der Waals surface area contributed by atoms with Gasteiger partial charge in [0.25, 0.3) is 0 Å². The average Bonchev–Trinajstić information content (AvgIpc) is 2.46. The molecule has 436 valence electrons. The molecule has 0 amide bonds. The molecule has 0 bridgehead atoms. The van der Waals surface area contributed by atoms with Crippen molar-refractivity contribution in [1.29, 1.82) is 0 Å². The van der Waals surface area contributed by atoms with Crippen LogP contribution in [-0.2, 0) is 9.47 Å². The largest absolute Gasteiger partial charge is 0.476 e. The van der Waals surface area contributed by atoms with Crippen molar-refractivity contribution >= 4 is 128 Å². The summed E-state index contributed by atoms with van der Waals surface area (Å²) >= 11 is 33.8. The number of carbonyl (C=O) groups is 4. The van der Waals surface area contributed by atoms with Gasteiger partial charge in [-0.25, -0.2) is 69.4 Å². The lowest BCUT2D eigenvalue weighted by atomic mass is 10.0. The number of aromatic nitrogens is 4. The predicted molar refractivity (Wildman–Crippen MR) is 306 cm³/mol. The third-order valence-electron chi connectivity index (χ3n) is 11.1. The number of aromatic carboxylic acids is 1. The second-order valence-electron chi connectivity index (χ2n) is 16.4. The number of benzene rings is 4. The van der Waals surface area contributed by atoms with Crippen LogP contribution in [0.4, 0.5) is 57.9 Å². The van der Waals surface area contributed by atoms with Crippen molar-refractivity contribution in [1.82, 2.24) is 19.9 Å². The first-order valence-electron chi connectivity index (χ1n) is 22.7. The van der Waals surface area contributed by atoms with Crippen LogP contribution in [-0.4, -0.2) is 63.0 Å². The number of carbonyl (C=O) groups excluding carboxylic acids is 3. The molecule has 0 saturated heterocycles. The molecule has 29 heteroatoms. The van der Waals surface area contributed by atoms with Crippen LogP contribution in [0.5, 0.6) is 0 Å². The van der Waals surface area contributed by atoms with Crippen molar-refractivity contribution in [2.45, 2.75) is 6.92 Å². The zero-order valence-corrected chi connectivity index (χ0v) is 47.3. The van der Waals surface area contributed by atoms with Crippen LogP contribution in [0.15, 0.2) is 86.0 Å². The van der Waals surface area contributed by atoms with Gasteiger partial charge in [0.05, 0.1) is 67.1 Å². The molecule has 8 aromatic rings. The maximum absolute atomic E-state index is 14.4. The minimum absolute atomic E-state index is 0.0162. The number of esters is 2. The zero-order chi connectivity index (χ0) is 62.9. The minimum atomic E-state index is -1.40. The number of nitrogen functional groups attached to an aromatic ring is 4. The number of hydrogen-bond acceptors (Lipinski definition) is 14. The lowest BCUT2D eigenvalue weighted by Crippen LogP contribution is -2.12. The van der Waals surface area contributed by atoms with Gasteiger partial charge >= 0.3 is 17.9 Å². The van der Waals surface area contributed by atoms with Crippen molar-refractivity contribution in [3.05, 3.63) is 197 Å². The molecule has 0 fully saturated rings. The Morgan fingerprint density at radius 3 is 1.00 bits per heavy atom. The smallest absolute Gasteiger partial charge is 0.358 e. The quantitative estimate of drug-likeness (QED) is 0.0484. The Labute approximate surface area is 500 Å². The normalized spacial score (nSPS) is 10.5. The van der Waals surface area contributed by atoms with E-state index >= 15 is 0 Å². The molecule has 4 aromatic carbocycles. The number of carboxylic acid groups (broad SMARTS) is 1. The van der Waals surface area contributed by atoms with E-state index in [-0.39, 0.29) is 109 Å². The standard InChI is InChI=1S/C15H11ClF2N2O2.C14H9ClF2N2O2.C13H8Cl2F2N2O2.C13H8Cl2F2N2O/c1-3-8-12(19)11(18)13(20-14(8)15(21)22-2)7-4-5-9(16)10(17)6-7;1-2-7-11(18)10(17)12(19-13(7)14(20)21)6-3-4-8(15)9(16)5-6;1-21-13(20)12-8(15)10(18)9(17)11(19-12)5-2-3-6(14)7(16)4-5;1-5(20)12-9(15)11(18)10(17)13(19-12)6-2-3-7(14)8(16)4-6/h3-6H,1H2,2H3,(H2,19,20);2-5H,1H2,(H2,18,19)(H,20,21);2-4H,1H3,(H2,18,19);2-4H,1H3,(H2,18,19). The molecular weight excluding hydrogens is 1250 g/mol. The number of ether oxygens (including phenoxy) is 2. The third-order valence-corrected chi connectivity index (χ3v) is 13.1. The number of nitrogens with zero attached hydrogens (tertiary/aromatic N) is 4. The maximum atomic E-state index is 14.4. The minimum Gasteiger partial charge on any atom is -0.476 e. The van der Waals surface area contributed by atoms with Crippen LogP contribution in [0.3, 0.4) is 0 Å². The number of halogens is 14. The second-order valence-corrected chi connectivity index (χ2v) is 18.8. The fraction of sp³-hybridized carbons (Fsp3) is 0.0545. The number of ketones is 1. The van der Waals surface area contributed by atoms with Crippen LogP contribution in [0.2, 0.25) is 30.1 Å². The van der Waals surface area contributed by atoms with E-state index in [1.165, 1.54) is 61.5 Å². The molecule has 8 rings (SSSR count). The molecule has 4 aromatic heterocycles. The van der Waals surface area contributed by atoms with Crippen LogP contribution in [0.25, 0.3) is 57.2 Å². The van der Waals surface area contributed by atoms with E-state index in [0.29, 0.717) is 0 Å². The van der Waals surface area contributed by atoms with Crippen molar-refractivity contribution in [3.8, 4) is 45.0 Å². The van der Waals surface area contributed by atoms with E-state index in [1.54, 1.807) is 0 Å². The van der Waals surface area contributed by atoms with E-state index in [2.05, 4.69) is 42.6 Å². The van der Waals surface area contributed by atoms with Gasteiger partial charge in [-0.3, -0.25) is 4.79 Å². The number of methoxy groups -OCH3 is 2. The Morgan fingerprint density at radius 1 is 0.452 bits per heavy atom. The molecule has 0 unspecified atom stereocenters. The summed E-state index contributed by atoms with van der Waals surface area (Å²) in [7, 11) is 2.26. The second kappa shape index (κ2) is 28.1. The van der Waals surface area contributed by atoms with Crippen molar-refractivity contribution < 1.29 is 68.9 Å². The Balaban J connectivity index is 0.000000205. The Hall–Kier alpha value is -8.58. The summed E-state index contributed by atoms with van der Waals surface area (Å²) in [5.74, 6) is -10.3. The molecule has 0 atom stereocenters. The number of anilines is 4. The van der Waals surface area contributed by atoms with Crippen LogP contribution >= 0.6 is 69.6 Å². The average molecular weight is 1290 g/mol. The summed E-state index contributed by atoms with van der Waals surface area (Å²) in [4.78, 5) is 61.1. The molecule has 4 heterocycles. The first-order chi connectivity index (χ1) is 39.4. The molecule has 0 aliphatic carbocycles. The van der Waals surface area contributed by atoms with Crippen LogP contribution in [0.1, 0.15) is 60.0 Å². The molecule has 15 nitrogen and oxygen atoms in total. The molecule has 0 radical (unpaired) electrons. The van der Waals surface area contributed by atoms with Crippen molar-refractivity contribution in [2.24, 2.45) is 0 Å². The number of rotatable bonds is 10. The molecule has 0 aliphatic heterocycles. The first kappa shape index (κ1) is 66.2. The highest BCUT2D eigenvalue weighted by atomic mass is 35.5. The van der Waals surface area contributed by atoms with Crippen LogP contribution < -0.4 is 22.9 Å². The summed E-state index contributed by atoms with van der Waals surface area (Å²) in [6.45, 7) is 8.06. The third kappa shape index (κ3) is 14.4. The highest BCUT2D eigenvalue weighted by Gasteiger charge is 2.27. The summed E-state index contributed by atoms with van der Waals surface area (Å²) in [5.41, 5.74) is 18.4. The topological polar surface area (TPSA) is 263 Å². The predicted octanol–water partition coefficient (Wildman–Crippen LogP) is 15.1. The Morgan fingerprint density at radius 2 is 0.714 bits per heavy atom. The number of pyridine rings is 4. The number of nitrogens with two attached hydrogens (primary N) is 4. The highest BCUT2D eigenvalue weighted by molar-refractivity contribution is 6.36. The monoisotopic (exact) mass is 1280 g/mol. The van der Waals surface area contributed by atoms with Gasteiger partial charge in [0, 0.05) is 40.3 Å². The summed E-state index contributed by atoms with van der Waals surface area (Å²) in [5, 5.41) is 7.98. The maximum Gasteiger partial charge on any atom is 0.358 e. The van der Waals surface area contributed by atoms with E-state index in [9.17, 15) is 54.3 Å². The Bertz CT molecular complexity index is 4020. The van der Waals surface area contributed by atoms with Crippen LogP contribution in [0, 0.1) is 46.5 Å². The molecular formula is C55H36Cl6F8N8O7. The number of hydrogen-bond donors (Lipinski definition) is 5. The molecule has 9 N–H and O–H groups in total. The van der Waals surface area contributed by atoms with E-state index in [0.717, 1.165) is 44.6 Å². The van der Waals surface area contributed by atoms with Gasteiger partial charge in [0.2, 0.25) is 0 Å². The van der Waals surface area contributed by atoms with Gasteiger partial charge in [0.15, 0.2) is 46.1 Å². The lowest BCUT2D eigenvalue weighted by molar-refractivity contribution is 0.0585. The van der Waals surface area contributed by atoms with Crippen molar-refractivity contribution in [3.63, 3.8) is 0 Å². The zero-order valence-electron chi connectivity index (χ0n) is 42.8. The van der Waals surface area contributed by atoms with Gasteiger partial charge in [-0.2, -0.15) is 0 Å². The first-order valence-corrected chi connectivity index (χ1v) is 25.0. The SMILES string of the molecule is C=Cc1c(C(=O)O)nc(-c2ccc(Cl)c(F)c2)c(F)c1N.C=Cc1c(C(=O)OC)nc(-c2ccc(Cl)c(F)c2)c(F)c1N.CC(=O)c1nc(-c2ccc(Cl)c(F)c2)c(F)c(N)c1Cl.COC(=O)c1nc(-c2ccc(Cl)c(F)c2)c(F)c(N)c1Cl. The van der Waals surface area contributed by atoms with E-state index in [1.807, 2.05) is 0 Å². The molecule has 0 saturated carbocycles. The molecule has 0 spiro atoms. The highest BCUT2D eigenvalue weighted by Crippen LogP contribution is 2.37. The summed E-state index contributed by atoms with van der Waals surface area (Å²) < 4.78 is 120. The van der Waals surface area contributed by atoms with Gasteiger partial charge < -0.3 is 37.5 Å². The van der Waals surface area contributed by atoms with E-state index < -0.39 is 93.0 Å². The number of carboxylic acids is 1.